The summed E-state index contributed by atoms with van der Waals surface area (Å²) in [5.74, 6) is 0.509. The minimum absolute atomic E-state index is 0.201. The maximum absolute atomic E-state index is 12.0. The molecular formula is C18H28BNO2. The fourth-order valence-electron chi connectivity index (χ4n) is 2.49. The second-order valence-corrected chi connectivity index (χ2v) is 6.41. The summed E-state index contributed by atoms with van der Waals surface area (Å²) in [6.07, 6.45) is 1.75. The summed E-state index contributed by atoms with van der Waals surface area (Å²) in [4.78, 5) is 13.8. The van der Waals surface area contributed by atoms with E-state index >= 15 is 0 Å². The van der Waals surface area contributed by atoms with Crippen molar-refractivity contribution in [3.63, 3.8) is 0 Å². The van der Waals surface area contributed by atoms with E-state index in [1.807, 2.05) is 46.8 Å². The van der Waals surface area contributed by atoms with Crippen LogP contribution in [-0.2, 0) is 4.74 Å². The van der Waals surface area contributed by atoms with Crippen LogP contribution in [0.25, 0.3) is 0 Å². The molecule has 0 unspecified atom stereocenters. The second-order valence-electron chi connectivity index (χ2n) is 6.41. The highest BCUT2D eigenvalue weighted by molar-refractivity contribution is 6.32. The zero-order valence-corrected chi connectivity index (χ0v) is 14.6. The van der Waals surface area contributed by atoms with E-state index in [4.69, 9.17) is 12.6 Å². The Morgan fingerprint density at radius 1 is 1.14 bits per heavy atom. The highest BCUT2D eigenvalue weighted by Crippen LogP contribution is 2.28. The van der Waals surface area contributed by atoms with Crippen molar-refractivity contribution in [2.24, 2.45) is 0 Å². The molecule has 3 nitrogen and oxygen atoms in total. The maximum atomic E-state index is 12.0. The number of hydrogen-bond donors (Lipinski definition) is 0. The Bertz CT molecular complexity index is 457. The summed E-state index contributed by atoms with van der Waals surface area (Å²) in [7, 11) is 5.71. The quantitative estimate of drug-likeness (QED) is 0.741. The first-order valence-corrected chi connectivity index (χ1v) is 8.18. The molecule has 2 rings (SSSR count). The predicted octanol–water partition coefficient (Wildman–Crippen LogP) is 3.62. The van der Waals surface area contributed by atoms with Crippen LogP contribution in [0.5, 0.6) is 0 Å². The van der Waals surface area contributed by atoms with Crippen LogP contribution in [0.2, 0.25) is 0 Å². The molecule has 1 aliphatic heterocycles. The Morgan fingerprint density at radius 2 is 1.64 bits per heavy atom. The Kier molecular flexibility index (Phi) is 6.98. The van der Waals surface area contributed by atoms with E-state index in [1.54, 1.807) is 4.90 Å². The lowest BCUT2D eigenvalue weighted by Crippen LogP contribution is -2.41. The zero-order chi connectivity index (χ0) is 16.8. The molecule has 1 saturated heterocycles. The first-order chi connectivity index (χ1) is 10.3. The van der Waals surface area contributed by atoms with Crippen LogP contribution >= 0.6 is 0 Å². The number of hydrogen-bond acceptors (Lipinski definition) is 2. The van der Waals surface area contributed by atoms with E-state index in [9.17, 15) is 4.79 Å². The minimum atomic E-state index is -0.426. The van der Waals surface area contributed by atoms with Gasteiger partial charge in [0.2, 0.25) is 0 Å². The van der Waals surface area contributed by atoms with E-state index in [2.05, 4.69) is 12.1 Å². The van der Waals surface area contributed by atoms with Crippen molar-refractivity contribution in [2.45, 2.75) is 59.0 Å². The first kappa shape index (κ1) is 18.6. The van der Waals surface area contributed by atoms with Crippen LogP contribution in [0, 0.1) is 0 Å². The molecule has 1 heterocycles. The topological polar surface area (TPSA) is 29.5 Å². The number of nitrogens with zero attached hydrogens (tertiary/aromatic N) is 1. The Labute approximate surface area is 136 Å². The van der Waals surface area contributed by atoms with Gasteiger partial charge in [-0.1, -0.05) is 43.6 Å². The SMILES string of the molecule is CC.[B]c1ccc(C2CCN(C(=O)OC(C)(C)C)CC2)cc1. The molecule has 1 aromatic carbocycles. The van der Waals surface area contributed by atoms with Crippen molar-refractivity contribution in [1.29, 1.82) is 0 Å². The van der Waals surface area contributed by atoms with Gasteiger partial charge in [0.25, 0.3) is 0 Å². The molecule has 4 heteroatoms. The average molecular weight is 301 g/mol. The number of carbonyl (C=O) groups excluding carboxylic acids is 1. The molecule has 1 aliphatic rings. The summed E-state index contributed by atoms with van der Waals surface area (Å²) in [6, 6.07) is 8.05. The molecular weight excluding hydrogens is 273 g/mol. The zero-order valence-electron chi connectivity index (χ0n) is 14.6. The number of likely N-dealkylation sites (tertiary alicyclic amines) is 1. The van der Waals surface area contributed by atoms with Crippen molar-refractivity contribution in [2.75, 3.05) is 13.1 Å². The summed E-state index contributed by atoms with van der Waals surface area (Å²) >= 11 is 0. The Morgan fingerprint density at radius 3 is 2.09 bits per heavy atom. The van der Waals surface area contributed by atoms with Gasteiger partial charge in [0, 0.05) is 13.1 Å². The van der Waals surface area contributed by atoms with E-state index < -0.39 is 5.60 Å². The standard InChI is InChI=1S/C16H22BNO2.C2H6/c1-16(2,3)20-15(19)18-10-8-13(9-11-18)12-4-6-14(17)7-5-12;1-2/h4-7,13H,8-11H2,1-3H3;1-2H3. The van der Waals surface area contributed by atoms with Gasteiger partial charge >= 0.3 is 6.09 Å². The summed E-state index contributed by atoms with van der Waals surface area (Å²) in [6.45, 7) is 11.2. The van der Waals surface area contributed by atoms with Gasteiger partial charge in [-0.05, 0) is 45.1 Å². The second kappa shape index (κ2) is 8.26. The Balaban J connectivity index is 0.00000116. The monoisotopic (exact) mass is 301 g/mol. The van der Waals surface area contributed by atoms with Crippen molar-refractivity contribution >= 4 is 19.4 Å². The normalized spacial score (nSPS) is 15.8. The van der Waals surface area contributed by atoms with Crippen LogP contribution in [-0.4, -0.2) is 37.5 Å². The summed E-state index contributed by atoms with van der Waals surface area (Å²) in [5.41, 5.74) is 1.67. The van der Waals surface area contributed by atoms with Crippen LogP contribution < -0.4 is 5.46 Å². The van der Waals surface area contributed by atoms with Gasteiger partial charge in [0.05, 0.1) is 0 Å². The van der Waals surface area contributed by atoms with E-state index in [0.29, 0.717) is 5.92 Å². The smallest absolute Gasteiger partial charge is 0.410 e. The van der Waals surface area contributed by atoms with Crippen LogP contribution in [0.3, 0.4) is 0 Å². The van der Waals surface area contributed by atoms with E-state index in [1.165, 1.54) is 5.56 Å². The molecule has 1 amide bonds. The van der Waals surface area contributed by atoms with Gasteiger partial charge in [-0.2, -0.15) is 0 Å². The third-order valence-electron chi connectivity index (χ3n) is 3.55. The third-order valence-corrected chi connectivity index (χ3v) is 3.55. The number of ether oxygens (including phenoxy) is 1. The van der Waals surface area contributed by atoms with Crippen LogP contribution in [0.4, 0.5) is 4.79 Å². The average Bonchev–Trinajstić information content (AvgIpc) is 2.48. The summed E-state index contributed by atoms with van der Waals surface area (Å²) < 4.78 is 5.40. The van der Waals surface area contributed by atoms with Crippen molar-refractivity contribution in [3.05, 3.63) is 29.8 Å². The van der Waals surface area contributed by atoms with Gasteiger partial charge in [0.1, 0.15) is 13.4 Å². The lowest BCUT2D eigenvalue weighted by atomic mass is 9.87. The lowest BCUT2D eigenvalue weighted by molar-refractivity contribution is 0.0205. The van der Waals surface area contributed by atoms with Gasteiger partial charge in [0.15, 0.2) is 0 Å². The van der Waals surface area contributed by atoms with Gasteiger partial charge in [-0.25, -0.2) is 4.79 Å². The molecule has 0 saturated carbocycles. The molecule has 120 valence electrons. The van der Waals surface area contributed by atoms with Crippen molar-refractivity contribution in [1.82, 2.24) is 4.90 Å². The number of carbonyl (C=O) groups is 1. The van der Waals surface area contributed by atoms with E-state index in [-0.39, 0.29) is 6.09 Å². The molecule has 0 N–H and O–H groups in total. The number of piperidine rings is 1. The number of benzene rings is 1. The number of amides is 1. The van der Waals surface area contributed by atoms with Crippen molar-refractivity contribution in [3.8, 4) is 0 Å². The Hall–Kier alpha value is -1.45. The molecule has 0 atom stereocenters. The van der Waals surface area contributed by atoms with E-state index in [0.717, 1.165) is 31.4 Å². The predicted molar refractivity (Wildman–Crippen MR) is 93.0 cm³/mol. The molecule has 0 spiro atoms. The maximum Gasteiger partial charge on any atom is 0.410 e. The fraction of sp³-hybridized carbons (Fsp3) is 0.611. The third kappa shape index (κ3) is 5.74. The lowest BCUT2D eigenvalue weighted by Gasteiger charge is -2.33. The first-order valence-electron chi connectivity index (χ1n) is 8.18. The van der Waals surface area contributed by atoms with Crippen LogP contribution in [0.1, 0.15) is 58.9 Å². The fourth-order valence-corrected chi connectivity index (χ4v) is 2.49. The highest BCUT2D eigenvalue weighted by atomic mass is 16.6. The largest absolute Gasteiger partial charge is 0.444 e. The highest BCUT2D eigenvalue weighted by Gasteiger charge is 2.27. The molecule has 0 bridgehead atoms. The molecule has 0 aromatic heterocycles. The van der Waals surface area contributed by atoms with Gasteiger partial charge < -0.3 is 9.64 Å². The van der Waals surface area contributed by atoms with Crippen LogP contribution in [0.15, 0.2) is 24.3 Å². The molecule has 1 aromatic rings. The molecule has 0 aliphatic carbocycles. The number of rotatable bonds is 1. The summed E-state index contributed by atoms with van der Waals surface area (Å²) in [5, 5.41) is 0. The van der Waals surface area contributed by atoms with Gasteiger partial charge in [-0.3, -0.25) is 0 Å². The van der Waals surface area contributed by atoms with Gasteiger partial charge in [-0.15, -0.1) is 0 Å². The molecule has 22 heavy (non-hydrogen) atoms. The molecule has 2 radical (unpaired) electrons. The van der Waals surface area contributed by atoms with Crippen molar-refractivity contribution < 1.29 is 9.53 Å². The molecule has 1 fully saturated rings. The minimum Gasteiger partial charge on any atom is -0.444 e.